The van der Waals surface area contributed by atoms with E-state index < -0.39 is 6.09 Å². The van der Waals surface area contributed by atoms with Gasteiger partial charge in [0.25, 0.3) is 0 Å². The summed E-state index contributed by atoms with van der Waals surface area (Å²) in [5, 5.41) is 9.21. The Morgan fingerprint density at radius 1 is 1.14 bits per heavy atom. The number of nitrogens with zero attached hydrogens (tertiary/aromatic N) is 2. The second-order valence-corrected chi connectivity index (χ2v) is 7.28. The Balaban J connectivity index is 0.00000420. The molecule has 0 heterocycles. The zero-order chi connectivity index (χ0) is 20.6. The number of aliphatic imine (C=N–C) groups is 1. The number of benzene rings is 1. The van der Waals surface area contributed by atoms with Gasteiger partial charge in [-0.1, -0.05) is 25.0 Å². The molecule has 29 heavy (non-hydrogen) atoms. The monoisotopic (exact) mass is 517 g/mol. The minimum absolute atomic E-state index is 0. The second kappa shape index (κ2) is 11.8. The maximum absolute atomic E-state index is 12.7. The van der Waals surface area contributed by atoms with Crippen molar-refractivity contribution in [2.24, 2.45) is 10.4 Å². The van der Waals surface area contributed by atoms with E-state index in [-0.39, 0.29) is 35.3 Å². The van der Waals surface area contributed by atoms with Crippen LogP contribution in [-0.2, 0) is 16.1 Å². The Labute approximate surface area is 189 Å². The number of hydrogen-bond acceptors (Lipinski definition) is 4. The third-order valence-corrected chi connectivity index (χ3v) is 5.08. The summed E-state index contributed by atoms with van der Waals surface area (Å²) >= 11 is 0. The molecule has 0 atom stereocenters. The molecule has 8 nitrogen and oxygen atoms in total. The fourth-order valence-electron chi connectivity index (χ4n) is 3.53. The first-order chi connectivity index (χ1) is 13.4. The predicted octanol–water partition coefficient (Wildman–Crippen LogP) is 2.80. The fraction of sp³-hybridized carbons (Fsp3) is 0.550. The van der Waals surface area contributed by atoms with Gasteiger partial charge in [0, 0.05) is 39.9 Å². The largest absolute Gasteiger partial charge is 0.453 e. The zero-order valence-corrected chi connectivity index (χ0v) is 19.9. The van der Waals surface area contributed by atoms with Gasteiger partial charge in [0.05, 0.1) is 12.5 Å². The van der Waals surface area contributed by atoms with Crippen LogP contribution < -0.4 is 16.0 Å². The average molecular weight is 517 g/mol. The number of amides is 2. The van der Waals surface area contributed by atoms with Crippen LogP contribution in [-0.4, -0.2) is 57.7 Å². The first kappa shape index (κ1) is 25.0. The van der Waals surface area contributed by atoms with Gasteiger partial charge in [0.2, 0.25) is 5.91 Å². The van der Waals surface area contributed by atoms with Crippen molar-refractivity contribution in [3.63, 3.8) is 0 Å². The van der Waals surface area contributed by atoms with E-state index in [2.05, 4.69) is 25.7 Å². The number of hydrogen-bond donors (Lipinski definition) is 3. The first-order valence-electron chi connectivity index (χ1n) is 9.50. The van der Waals surface area contributed by atoms with Gasteiger partial charge < -0.3 is 20.3 Å². The normalized spacial score (nSPS) is 15.1. The molecule has 0 bridgehead atoms. The maximum Gasteiger partial charge on any atom is 0.411 e. The predicted molar refractivity (Wildman–Crippen MR) is 126 cm³/mol. The smallest absolute Gasteiger partial charge is 0.411 e. The summed E-state index contributed by atoms with van der Waals surface area (Å²) in [6.07, 6.45) is 3.48. The zero-order valence-electron chi connectivity index (χ0n) is 17.6. The molecule has 0 aliphatic heterocycles. The average Bonchev–Trinajstić information content (AvgIpc) is 3.18. The van der Waals surface area contributed by atoms with Crippen LogP contribution in [0.4, 0.5) is 10.5 Å². The number of methoxy groups -OCH3 is 1. The van der Waals surface area contributed by atoms with Crippen molar-refractivity contribution >= 4 is 47.6 Å². The van der Waals surface area contributed by atoms with Crippen molar-refractivity contribution < 1.29 is 14.3 Å². The number of ether oxygens (including phenoxy) is 1. The molecule has 162 valence electrons. The third-order valence-electron chi connectivity index (χ3n) is 5.08. The minimum atomic E-state index is -0.497. The lowest BCUT2D eigenvalue weighted by molar-refractivity contribution is -0.138. The van der Waals surface area contributed by atoms with Crippen molar-refractivity contribution in [3.8, 4) is 0 Å². The molecule has 0 spiro atoms. The Bertz CT molecular complexity index is 701. The molecule has 3 N–H and O–H groups in total. The molecule has 1 aromatic carbocycles. The molecule has 9 heteroatoms. The lowest BCUT2D eigenvalue weighted by Crippen LogP contribution is -2.49. The van der Waals surface area contributed by atoms with E-state index in [1.54, 1.807) is 11.9 Å². The quantitative estimate of drug-likeness (QED) is 0.307. The van der Waals surface area contributed by atoms with Crippen LogP contribution in [0.3, 0.4) is 0 Å². The number of anilines is 1. The Hall–Kier alpha value is -2.04. The SMILES string of the molecule is CN=C(NCc1ccc(NC(=O)OC)cc1)NCC1(C(=O)N(C)C)CCCC1.I. The summed E-state index contributed by atoms with van der Waals surface area (Å²) in [5.74, 6) is 0.844. The topological polar surface area (TPSA) is 95.1 Å². The number of nitrogens with one attached hydrogen (secondary N) is 3. The lowest BCUT2D eigenvalue weighted by Gasteiger charge is -2.31. The summed E-state index contributed by atoms with van der Waals surface area (Å²) in [5.41, 5.74) is 1.37. The van der Waals surface area contributed by atoms with E-state index in [4.69, 9.17) is 0 Å². The van der Waals surface area contributed by atoms with Gasteiger partial charge in [-0.05, 0) is 30.5 Å². The highest BCUT2D eigenvalue weighted by atomic mass is 127. The molecule has 0 radical (unpaired) electrons. The lowest BCUT2D eigenvalue weighted by atomic mass is 9.84. The molecule has 2 amide bonds. The third kappa shape index (κ3) is 7.06. The van der Waals surface area contributed by atoms with Crippen LogP contribution in [0.5, 0.6) is 0 Å². The first-order valence-corrected chi connectivity index (χ1v) is 9.50. The maximum atomic E-state index is 12.7. The molecule has 0 aromatic heterocycles. The van der Waals surface area contributed by atoms with E-state index in [0.717, 1.165) is 31.2 Å². The summed E-state index contributed by atoms with van der Waals surface area (Å²) in [6.45, 7) is 1.15. The Morgan fingerprint density at radius 2 is 1.76 bits per heavy atom. The summed E-state index contributed by atoms with van der Waals surface area (Å²) < 4.78 is 4.57. The van der Waals surface area contributed by atoms with Gasteiger partial charge in [0.15, 0.2) is 5.96 Å². The van der Waals surface area contributed by atoms with Crippen molar-refractivity contribution in [2.75, 3.05) is 40.1 Å². The van der Waals surface area contributed by atoms with Gasteiger partial charge in [-0.25, -0.2) is 4.79 Å². The standard InChI is InChI=1S/C20H31N5O3.HI/c1-21-18(23-14-20(11-5-6-12-20)17(26)25(2)3)22-13-15-7-9-16(10-8-15)24-19(27)28-4;/h7-10H,5-6,11-14H2,1-4H3,(H,24,27)(H2,21,22,23);1H. The number of guanidine groups is 1. The summed E-state index contributed by atoms with van der Waals surface area (Å²) in [7, 11) is 6.67. The van der Waals surface area contributed by atoms with Crippen LogP contribution in [0, 0.1) is 5.41 Å². The van der Waals surface area contributed by atoms with Gasteiger partial charge in [-0.15, -0.1) is 24.0 Å². The van der Waals surface area contributed by atoms with Crippen molar-refractivity contribution in [2.45, 2.75) is 32.2 Å². The van der Waals surface area contributed by atoms with Gasteiger partial charge in [-0.2, -0.15) is 0 Å². The van der Waals surface area contributed by atoms with E-state index in [1.807, 2.05) is 38.4 Å². The Morgan fingerprint density at radius 3 is 2.28 bits per heavy atom. The van der Waals surface area contributed by atoms with E-state index in [1.165, 1.54) is 7.11 Å². The van der Waals surface area contributed by atoms with Crippen molar-refractivity contribution in [1.29, 1.82) is 0 Å². The molecule has 1 saturated carbocycles. The summed E-state index contributed by atoms with van der Waals surface area (Å²) in [6, 6.07) is 7.46. The minimum Gasteiger partial charge on any atom is -0.453 e. The van der Waals surface area contributed by atoms with Crippen molar-refractivity contribution in [1.82, 2.24) is 15.5 Å². The second-order valence-electron chi connectivity index (χ2n) is 7.28. The molecule has 0 saturated heterocycles. The fourth-order valence-corrected chi connectivity index (χ4v) is 3.53. The van der Waals surface area contributed by atoms with Crippen LogP contribution in [0.2, 0.25) is 0 Å². The molecule has 1 fully saturated rings. The molecule has 1 aromatic rings. The molecule has 1 aliphatic rings. The van der Waals surface area contributed by atoms with Crippen molar-refractivity contribution in [3.05, 3.63) is 29.8 Å². The molecule has 0 unspecified atom stereocenters. The van der Waals surface area contributed by atoms with Crippen LogP contribution in [0.1, 0.15) is 31.2 Å². The highest BCUT2D eigenvalue weighted by Crippen LogP contribution is 2.38. The van der Waals surface area contributed by atoms with E-state index in [0.29, 0.717) is 24.7 Å². The highest BCUT2D eigenvalue weighted by molar-refractivity contribution is 14.0. The number of halogens is 1. The Kier molecular flexibility index (Phi) is 10.2. The molecule has 1 aliphatic carbocycles. The van der Waals surface area contributed by atoms with Gasteiger partial charge in [0.1, 0.15) is 0 Å². The van der Waals surface area contributed by atoms with Crippen LogP contribution in [0.15, 0.2) is 29.3 Å². The van der Waals surface area contributed by atoms with Gasteiger partial charge >= 0.3 is 6.09 Å². The molecular formula is C20H32IN5O3. The van der Waals surface area contributed by atoms with Crippen LogP contribution >= 0.6 is 24.0 Å². The number of rotatable bonds is 6. The molecular weight excluding hydrogens is 485 g/mol. The molecule has 2 rings (SSSR count). The number of carbonyl (C=O) groups excluding carboxylic acids is 2. The highest BCUT2D eigenvalue weighted by Gasteiger charge is 2.42. The summed E-state index contributed by atoms with van der Waals surface area (Å²) in [4.78, 5) is 29.8. The van der Waals surface area contributed by atoms with Crippen LogP contribution in [0.25, 0.3) is 0 Å². The number of carbonyl (C=O) groups is 2. The van der Waals surface area contributed by atoms with E-state index in [9.17, 15) is 9.59 Å². The van der Waals surface area contributed by atoms with Gasteiger partial charge in [-0.3, -0.25) is 15.1 Å². The van der Waals surface area contributed by atoms with E-state index >= 15 is 0 Å².